The molecule has 0 atom stereocenters. The average molecular weight is 361 g/mol. The SMILES string of the molecule is CC(C)c1ccc(C(=O)Nc2ccc3c(c2)CN(C)C(C)(C)C3)cc1C#N. The van der Waals surface area contributed by atoms with Crippen molar-refractivity contribution < 1.29 is 4.79 Å². The van der Waals surface area contributed by atoms with Crippen molar-refractivity contribution in [2.24, 2.45) is 0 Å². The van der Waals surface area contributed by atoms with E-state index in [0.29, 0.717) is 11.1 Å². The molecule has 3 rings (SSSR count). The highest BCUT2D eigenvalue weighted by Crippen LogP contribution is 2.31. The fourth-order valence-corrected chi connectivity index (χ4v) is 3.59. The summed E-state index contributed by atoms with van der Waals surface area (Å²) in [5.74, 6) is 0.0601. The highest BCUT2D eigenvalue weighted by atomic mass is 16.1. The van der Waals surface area contributed by atoms with Gasteiger partial charge in [0.2, 0.25) is 0 Å². The van der Waals surface area contributed by atoms with E-state index in [4.69, 9.17) is 0 Å². The van der Waals surface area contributed by atoms with Gasteiger partial charge in [-0.3, -0.25) is 9.69 Å². The number of nitrogens with one attached hydrogen (secondary N) is 1. The molecule has 2 aromatic carbocycles. The number of anilines is 1. The van der Waals surface area contributed by atoms with Gasteiger partial charge in [-0.2, -0.15) is 5.26 Å². The summed E-state index contributed by atoms with van der Waals surface area (Å²) in [7, 11) is 2.13. The molecule has 4 heteroatoms. The first-order valence-corrected chi connectivity index (χ1v) is 9.39. The number of hydrogen-bond acceptors (Lipinski definition) is 3. The van der Waals surface area contributed by atoms with Gasteiger partial charge in [0.05, 0.1) is 11.6 Å². The van der Waals surface area contributed by atoms with Crippen molar-refractivity contribution >= 4 is 11.6 Å². The molecule has 0 fully saturated rings. The minimum atomic E-state index is -0.189. The quantitative estimate of drug-likeness (QED) is 0.862. The summed E-state index contributed by atoms with van der Waals surface area (Å²) in [5, 5.41) is 12.4. The number of benzene rings is 2. The number of carbonyl (C=O) groups excluding carboxylic acids is 1. The predicted molar refractivity (Wildman–Crippen MR) is 109 cm³/mol. The topological polar surface area (TPSA) is 56.1 Å². The number of nitriles is 1. The van der Waals surface area contributed by atoms with Gasteiger partial charge in [0.1, 0.15) is 0 Å². The lowest BCUT2D eigenvalue weighted by Gasteiger charge is -2.41. The van der Waals surface area contributed by atoms with Gasteiger partial charge < -0.3 is 5.32 Å². The number of amides is 1. The van der Waals surface area contributed by atoms with Crippen LogP contribution in [0.1, 0.15) is 66.2 Å². The van der Waals surface area contributed by atoms with E-state index in [2.05, 4.69) is 49.3 Å². The van der Waals surface area contributed by atoms with E-state index in [1.165, 1.54) is 11.1 Å². The van der Waals surface area contributed by atoms with Crippen LogP contribution in [0.4, 0.5) is 5.69 Å². The maximum Gasteiger partial charge on any atom is 0.255 e. The van der Waals surface area contributed by atoms with Crippen LogP contribution in [0.3, 0.4) is 0 Å². The highest BCUT2D eigenvalue weighted by Gasteiger charge is 2.30. The number of carbonyl (C=O) groups is 1. The van der Waals surface area contributed by atoms with Crippen LogP contribution in [-0.4, -0.2) is 23.4 Å². The number of nitrogens with zero attached hydrogens (tertiary/aromatic N) is 2. The van der Waals surface area contributed by atoms with Gasteiger partial charge in [0.15, 0.2) is 0 Å². The van der Waals surface area contributed by atoms with E-state index in [-0.39, 0.29) is 17.4 Å². The monoisotopic (exact) mass is 361 g/mol. The smallest absolute Gasteiger partial charge is 0.255 e. The molecule has 0 saturated carbocycles. The summed E-state index contributed by atoms with van der Waals surface area (Å²) >= 11 is 0. The lowest BCUT2D eigenvalue weighted by Crippen LogP contribution is -2.45. The molecule has 0 spiro atoms. The Hall–Kier alpha value is -2.64. The lowest BCUT2D eigenvalue weighted by atomic mass is 9.86. The molecule has 27 heavy (non-hydrogen) atoms. The Morgan fingerprint density at radius 2 is 1.93 bits per heavy atom. The zero-order valence-electron chi connectivity index (χ0n) is 16.8. The molecule has 4 nitrogen and oxygen atoms in total. The van der Waals surface area contributed by atoms with Crippen molar-refractivity contribution in [3.8, 4) is 6.07 Å². The van der Waals surface area contributed by atoms with Gasteiger partial charge in [-0.15, -0.1) is 0 Å². The van der Waals surface area contributed by atoms with E-state index in [9.17, 15) is 10.1 Å². The molecule has 0 aliphatic carbocycles. The molecule has 0 unspecified atom stereocenters. The Morgan fingerprint density at radius 1 is 1.19 bits per heavy atom. The Labute approximate surface area is 161 Å². The molecule has 140 valence electrons. The van der Waals surface area contributed by atoms with Crippen LogP contribution in [-0.2, 0) is 13.0 Å². The van der Waals surface area contributed by atoms with Crippen LogP contribution >= 0.6 is 0 Å². The van der Waals surface area contributed by atoms with Gasteiger partial charge >= 0.3 is 0 Å². The van der Waals surface area contributed by atoms with Crippen LogP contribution in [0.25, 0.3) is 0 Å². The van der Waals surface area contributed by atoms with Crippen LogP contribution in [0, 0.1) is 11.3 Å². The molecular formula is C23H27N3O. The molecule has 1 heterocycles. The van der Waals surface area contributed by atoms with Crippen molar-refractivity contribution in [1.82, 2.24) is 4.90 Å². The van der Waals surface area contributed by atoms with Crippen LogP contribution in [0.15, 0.2) is 36.4 Å². The van der Waals surface area contributed by atoms with E-state index in [1.54, 1.807) is 12.1 Å². The molecule has 1 aliphatic rings. The number of hydrogen-bond donors (Lipinski definition) is 1. The van der Waals surface area contributed by atoms with Gasteiger partial charge in [-0.25, -0.2) is 0 Å². The van der Waals surface area contributed by atoms with Gasteiger partial charge in [0, 0.05) is 23.3 Å². The molecule has 1 amide bonds. The molecule has 1 N–H and O–H groups in total. The molecular weight excluding hydrogens is 334 g/mol. The second-order valence-corrected chi connectivity index (χ2v) is 8.35. The van der Waals surface area contributed by atoms with Crippen molar-refractivity contribution in [2.45, 2.75) is 52.1 Å². The Kier molecular flexibility index (Phi) is 5.08. The molecule has 0 radical (unpaired) electrons. The Bertz CT molecular complexity index is 922. The zero-order chi connectivity index (χ0) is 19.8. The summed E-state index contributed by atoms with van der Waals surface area (Å²) < 4.78 is 0. The maximum absolute atomic E-state index is 12.7. The standard InChI is InChI=1S/C23H27N3O/c1-15(2)21-9-7-16(10-18(21)13-24)22(27)25-20-8-6-17-12-23(3,4)26(5)14-19(17)11-20/h6-11,15H,12,14H2,1-5H3,(H,25,27). The van der Waals surface area contributed by atoms with E-state index < -0.39 is 0 Å². The highest BCUT2D eigenvalue weighted by molar-refractivity contribution is 6.04. The zero-order valence-corrected chi connectivity index (χ0v) is 16.8. The minimum Gasteiger partial charge on any atom is -0.322 e. The molecule has 0 saturated heterocycles. The first-order chi connectivity index (χ1) is 12.7. The predicted octanol–water partition coefficient (Wildman–Crippen LogP) is 4.70. The minimum absolute atomic E-state index is 0.142. The second kappa shape index (κ2) is 7.17. The fraction of sp³-hybridized carbons (Fsp3) is 0.391. The van der Waals surface area contributed by atoms with Crippen LogP contribution in [0.2, 0.25) is 0 Å². The number of rotatable bonds is 3. The van der Waals surface area contributed by atoms with Gasteiger partial charge in [-0.1, -0.05) is 26.0 Å². The van der Waals surface area contributed by atoms with Crippen molar-refractivity contribution in [1.29, 1.82) is 5.26 Å². The number of fused-ring (bicyclic) bond motifs is 1. The van der Waals surface area contributed by atoms with Gasteiger partial charge in [0.25, 0.3) is 5.91 Å². The molecule has 0 aromatic heterocycles. The normalized spacial score (nSPS) is 15.9. The third-order valence-electron chi connectivity index (χ3n) is 5.59. The Morgan fingerprint density at radius 3 is 2.59 bits per heavy atom. The maximum atomic E-state index is 12.7. The van der Waals surface area contributed by atoms with E-state index in [1.807, 2.05) is 26.0 Å². The molecule has 1 aliphatic heterocycles. The fourth-order valence-electron chi connectivity index (χ4n) is 3.59. The third kappa shape index (κ3) is 3.89. The van der Waals surface area contributed by atoms with E-state index >= 15 is 0 Å². The van der Waals surface area contributed by atoms with Crippen molar-refractivity contribution in [2.75, 3.05) is 12.4 Å². The first-order valence-electron chi connectivity index (χ1n) is 9.39. The summed E-state index contributed by atoms with van der Waals surface area (Å²) in [6, 6.07) is 13.7. The van der Waals surface area contributed by atoms with Crippen molar-refractivity contribution in [3.63, 3.8) is 0 Å². The Balaban J connectivity index is 1.81. The van der Waals surface area contributed by atoms with Crippen LogP contribution in [0.5, 0.6) is 0 Å². The number of likely N-dealkylation sites (N-methyl/N-ethyl adjacent to an activating group) is 1. The third-order valence-corrected chi connectivity index (χ3v) is 5.59. The summed E-state index contributed by atoms with van der Waals surface area (Å²) in [6.45, 7) is 9.45. The summed E-state index contributed by atoms with van der Waals surface area (Å²) in [4.78, 5) is 15.0. The average Bonchev–Trinajstić information content (AvgIpc) is 2.62. The molecule has 2 aromatic rings. The second-order valence-electron chi connectivity index (χ2n) is 8.35. The molecule has 0 bridgehead atoms. The first kappa shape index (κ1) is 19.1. The summed E-state index contributed by atoms with van der Waals surface area (Å²) in [5.41, 5.74) is 5.56. The largest absolute Gasteiger partial charge is 0.322 e. The van der Waals surface area contributed by atoms with Crippen LogP contribution < -0.4 is 5.32 Å². The van der Waals surface area contributed by atoms with Crippen molar-refractivity contribution in [3.05, 3.63) is 64.2 Å². The lowest BCUT2D eigenvalue weighted by molar-refractivity contribution is 0.102. The van der Waals surface area contributed by atoms with Gasteiger partial charge in [-0.05, 0) is 74.2 Å². The van der Waals surface area contributed by atoms with E-state index in [0.717, 1.165) is 24.2 Å². The summed E-state index contributed by atoms with van der Waals surface area (Å²) in [6.07, 6.45) is 0.995.